The van der Waals surface area contributed by atoms with Gasteiger partial charge in [-0.3, -0.25) is 4.79 Å². The summed E-state index contributed by atoms with van der Waals surface area (Å²) in [5.74, 6) is 0.0971. The second kappa shape index (κ2) is 8.08. The third-order valence-electron chi connectivity index (χ3n) is 4.69. The first-order valence-electron chi connectivity index (χ1n) is 9.06. The van der Waals surface area contributed by atoms with Gasteiger partial charge in [0.25, 0.3) is 5.22 Å². The lowest BCUT2D eigenvalue weighted by molar-refractivity contribution is -0.118. The van der Waals surface area contributed by atoms with E-state index in [4.69, 9.17) is 4.42 Å². The molecule has 148 valence electrons. The van der Waals surface area contributed by atoms with Crippen LogP contribution in [0.3, 0.4) is 0 Å². The number of aryl methyl sites for hydroxylation is 2. The summed E-state index contributed by atoms with van der Waals surface area (Å²) in [5, 5.41) is 12.3. The van der Waals surface area contributed by atoms with Crippen molar-refractivity contribution in [3.63, 3.8) is 0 Å². The fourth-order valence-electron chi connectivity index (χ4n) is 2.96. The summed E-state index contributed by atoms with van der Waals surface area (Å²) in [6.07, 6.45) is 0. The number of thioether (sulfide) groups is 1. The van der Waals surface area contributed by atoms with E-state index in [1.54, 1.807) is 12.1 Å². The molecule has 29 heavy (non-hydrogen) atoms. The number of fused-ring (bicyclic) bond motifs is 1. The van der Waals surface area contributed by atoms with Crippen molar-refractivity contribution in [1.82, 2.24) is 20.5 Å². The van der Waals surface area contributed by atoms with Gasteiger partial charge < -0.3 is 14.7 Å². The molecule has 0 radical (unpaired) electrons. The molecule has 0 bridgehead atoms. The van der Waals surface area contributed by atoms with E-state index in [1.807, 2.05) is 25.1 Å². The SMILES string of the molecule is Cc1[nH]c2ccc(-c3nnc(SCC(=O)NCc4ccc(F)cc4)o3)cc2c1C. The predicted octanol–water partition coefficient (Wildman–Crippen LogP) is 4.38. The van der Waals surface area contributed by atoms with E-state index in [0.29, 0.717) is 17.7 Å². The number of amides is 1. The normalized spacial score (nSPS) is 11.1. The van der Waals surface area contributed by atoms with Crippen LogP contribution in [0.25, 0.3) is 22.4 Å². The number of hydrogen-bond acceptors (Lipinski definition) is 5. The summed E-state index contributed by atoms with van der Waals surface area (Å²) in [5.41, 5.74) is 5.05. The Morgan fingerprint density at radius 1 is 1.17 bits per heavy atom. The van der Waals surface area contributed by atoms with Gasteiger partial charge in [-0.05, 0) is 55.3 Å². The van der Waals surface area contributed by atoms with Gasteiger partial charge >= 0.3 is 0 Å². The van der Waals surface area contributed by atoms with E-state index >= 15 is 0 Å². The second-order valence-corrected chi connectivity index (χ2v) is 7.63. The van der Waals surface area contributed by atoms with Crippen molar-refractivity contribution >= 4 is 28.6 Å². The van der Waals surface area contributed by atoms with Crippen molar-refractivity contribution in [3.8, 4) is 11.5 Å². The average Bonchev–Trinajstić information content (AvgIpc) is 3.31. The summed E-state index contributed by atoms with van der Waals surface area (Å²) < 4.78 is 18.6. The maximum absolute atomic E-state index is 12.9. The Morgan fingerprint density at radius 3 is 2.76 bits per heavy atom. The zero-order valence-electron chi connectivity index (χ0n) is 16.0. The van der Waals surface area contributed by atoms with Crippen LogP contribution < -0.4 is 5.32 Å². The lowest BCUT2D eigenvalue weighted by Crippen LogP contribution is -2.24. The lowest BCUT2D eigenvalue weighted by atomic mass is 10.1. The Labute approximate surface area is 170 Å². The minimum absolute atomic E-state index is 0.151. The standard InChI is InChI=1S/C21H19FN4O2S/c1-12-13(2)24-18-8-5-15(9-17(12)18)20-25-26-21(28-20)29-11-19(27)23-10-14-3-6-16(22)7-4-14/h3-9,24H,10-11H2,1-2H3,(H,23,27). The fraction of sp³-hybridized carbons (Fsp3) is 0.190. The number of halogens is 1. The summed E-state index contributed by atoms with van der Waals surface area (Å²) in [7, 11) is 0. The highest BCUT2D eigenvalue weighted by Gasteiger charge is 2.13. The van der Waals surface area contributed by atoms with Crippen LogP contribution in [0.4, 0.5) is 4.39 Å². The van der Waals surface area contributed by atoms with E-state index in [-0.39, 0.29) is 17.5 Å². The van der Waals surface area contributed by atoms with Crippen LogP contribution in [0.2, 0.25) is 0 Å². The summed E-state index contributed by atoms with van der Waals surface area (Å²) in [4.78, 5) is 15.4. The van der Waals surface area contributed by atoms with Crippen LogP contribution in [0, 0.1) is 19.7 Å². The Hall–Kier alpha value is -3.13. The third kappa shape index (κ3) is 4.32. The van der Waals surface area contributed by atoms with Crippen molar-refractivity contribution in [2.75, 3.05) is 5.75 Å². The minimum Gasteiger partial charge on any atom is -0.411 e. The topological polar surface area (TPSA) is 83.8 Å². The van der Waals surface area contributed by atoms with Crippen molar-refractivity contribution < 1.29 is 13.6 Å². The number of H-pyrrole nitrogens is 1. The first-order valence-corrected chi connectivity index (χ1v) is 10.0. The van der Waals surface area contributed by atoms with Crippen molar-refractivity contribution in [3.05, 3.63) is 65.1 Å². The molecule has 0 saturated carbocycles. The monoisotopic (exact) mass is 410 g/mol. The molecule has 0 aliphatic rings. The summed E-state index contributed by atoms with van der Waals surface area (Å²) in [6, 6.07) is 11.9. The molecule has 0 fully saturated rings. The predicted molar refractivity (Wildman–Crippen MR) is 110 cm³/mol. The third-order valence-corrected chi connectivity index (χ3v) is 5.51. The molecule has 0 saturated heterocycles. The molecule has 2 N–H and O–H groups in total. The molecule has 2 heterocycles. The molecule has 2 aromatic carbocycles. The number of nitrogens with one attached hydrogen (secondary N) is 2. The first kappa shape index (κ1) is 19.2. The van der Waals surface area contributed by atoms with Crippen LogP contribution in [-0.4, -0.2) is 26.8 Å². The van der Waals surface area contributed by atoms with Crippen molar-refractivity contribution in [2.24, 2.45) is 0 Å². The van der Waals surface area contributed by atoms with Gasteiger partial charge in [0.1, 0.15) is 5.82 Å². The zero-order valence-corrected chi connectivity index (χ0v) is 16.8. The molecule has 0 spiro atoms. The quantitative estimate of drug-likeness (QED) is 0.461. The van der Waals surface area contributed by atoms with E-state index in [9.17, 15) is 9.18 Å². The number of aromatic nitrogens is 3. The van der Waals surface area contributed by atoms with Gasteiger partial charge in [0.05, 0.1) is 5.75 Å². The van der Waals surface area contributed by atoms with Crippen molar-refractivity contribution in [1.29, 1.82) is 0 Å². The van der Waals surface area contributed by atoms with Gasteiger partial charge in [0.15, 0.2) is 0 Å². The zero-order chi connectivity index (χ0) is 20.4. The first-order chi connectivity index (χ1) is 14.0. The number of hydrogen-bond donors (Lipinski definition) is 2. The minimum atomic E-state index is -0.302. The number of rotatable bonds is 6. The number of nitrogens with zero attached hydrogens (tertiary/aromatic N) is 2. The van der Waals surface area contributed by atoms with Gasteiger partial charge in [-0.25, -0.2) is 4.39 Å². The number of aromatic amines is 1. The maximum atomic E-state index is 12.9. The summed E-state index contributed by atoms with van der Waals surface area (Å²) in [6.45, 7) is 4.44. The van der Waals surface area contributed by atoms with E-state index in [1.165, 1.54) is 29.5 Å². The molecule has 0 aliphatic carbocycles. The van der Waals surface area contributed by atoms with E-state index < -0.39 is 0 Å². The Kier molecular flexibility index (Phi) is 5.35. The molecule has 6 nitrogen and oxygen atoms in total. The van der Waals surface area contributed by atoms with Gasteiger partial charge in [-0.2, -0.15) is 0 Å². The van der Waals surface area contributed by atoms with Crippen LogP contribution in [0.15, 0.2) is 52.1 Å². The highest BCUT2D eigenvalue weighted by molar-refractivity contribution is 7.99. The summed E-state index contributed by atoms with van der Waals surface area (Å²) >= 11 is 1.17. The molecule has 4 aromatic rings. The Morgan fingerprint density at radius 2 is 1.97 bits per heavy atom. The van der Waals surface area contributed by atoms with Crippen molar-refractivity contribution in [2.45, 2.75) is 25.6 Å². The number of benzene rings is 2. The van der Waals surface area contributed by atoms with Crippen LogP contribution in [-0.2, 0) is 11.3 Å². The fourth-order valence-corrected chi connectivity index (χ4v) is 3.55. The maximum Gasteiger partial charge on any atom is 0.277 e. The molecule has 4 rings (SSSR count). The molecule has 1 amide bonds. The van der Waals surface area contributed by atoms with E-state index in [2.05, 4.69) is 27.4 Å². The molecule has 0 atom stereocenters. The van der Waals surface area contributed by atoms with Gasteiger partial charge in [-0.1, -0.05) is 23.9 Å². The van der Waals surface area contributed by atoms with Gasteiger partial charge in [0, 0.05) is 28.7 Å². The molecule has 0 unspecified atom stereocenters. The molecular weight excluding hydrogens is 391 g/mol. The highest BCUT2D eigenvalue weighted by atomic mass is 32.2. The van der Waals surface area contributed by atoms with Crippen LogP contribution >= 0.6 is 11.8 Å². The van der Waals surface area contributed by atoms with Gasteiger partial charge in [0.2, 0.25) is 11.8 Å². The molecular formula is C21H19FN4O2S. The van der Waals surface area contributed by atoms with E-state index in [0.717, 1.165) is 27.7 Å². The Balaban J connectivity index is 1.36. The highest BCUT2D eigenvalue weighted by Crippen LogP contribution is 2.28. The largest absolute Gasteiger partial charge is 0.411 e. The Bertz CT molecular complexity index is 1170. The lowest BCUT2D eigenvalue weighted by Gasteiger charge is -2.04. The second-order valence-electron chi connectivity index (χ2n) is 6.70. The number of carbonyl (C=O) groups is 1. The molecule has 0 aliphatic heterocycles. The van der Waals surface area contributed by atoms with Gasteiger partial charge in [-0.15, -0.1) is 10.2 Å². The van der Waals surface area contributed by atoms with Crippen LogP contribution in [0.1, 0.15) is 16.8 Å². The smallest absolute Gasteiger partial charge is 0.277 e. The molecule has 8 heteroatoms. The molecule has 2 aromatic heterocycles. The average molecular weight is 410 g/mol. The van der Waals surface area contributed by atoms with Crippen LogP contribution in [0.5, 0.6) is 0 Å². The number of carbonyl (C=O) groups excluding carboxylic acids is 1.